The highest BCUT2D eigenvalue weighted by molar-refractivity contribution is 7.96. The van der Waals surface area contributed by atoms with Crippen molar-refractivity contribution in [2.45, 2.75) is 71.5 Å². The molecule has 3 saturated carbocycles. The molecular weight excluding hydrogens is 400 g/mol. The molecule has 0 saturated heterocycles. The van der Waals surface area contributed by atoms with E-state index in [2.05, 4.69) is 19.6 Å². The first-order valence-electron chi connectivity index (χ1n) is 11.1. The summed E-state index contributed by atoms with van der Waals surface area (Å²) >= 11 is 4.22. The molecule has 164 valence electrons. The van der Waals surface area contributed by atoms with Crippen LogP contribution in [0.15, 0.2) is 23.8 Å². The third kappa shape index (κ3) is 2.68. The van der Waals surface area contributed by atoms with Crippen LogP contribution in [-0.4, -0.2) is 33.7 Å². The van der Waals surface area contributed by atoms with Crippen LogP contribution in [0.3, 0.4) is 0 Å². The second-order valence-corrected chi connectivity index (χ2v) is 10.6. The van der Waals surface area contributed by atoms with Crippen LogP contribution >= 0.6 is 12.6 Å². The molecule has 0 unspecified atom stereocenters. The van der Waals surface area contributed by atoms with Gasteiger partial charge in [0.15, 0.2) is 11.4 Å². The van der Waals surface area contributed by atoms with Gasteiger partial charge in [-0.2, -0.15) is 0 Å². The molecule has 0 heterocycles. The molecule has 8 atom stereocenters. The number of ether oxygens (including phenoxy) is 1. The van der Waals surface area contributed by atoms with Gasteiger partial charge in [-0.05, 0) is 49.7 Å². The summed E-state index contributed by atoms with van der Waals surface area (Å²) in [6.45, 7) is 7.82. The summed E-state index contributed by atoms with van der Waals surface area (Å²) in [5, 5.41) is 11.0. The summed E-state index contributed by atoms with van der Waals surface area (Å²) in [7, 11) is 0. The molecule has 0 aliphatic heterocycles. The lowest BCUT2D eigenvalue weighted by Crippen LogP contribution is -2.63. The van der Waals surface area contributed by atoms with Crippen molar-refractivity contribution >= 4 is 29.5 Å². The summed E-state index contributed by atoms with van der Waals surface area (Å²) in [5.41, 5.74) is -1.27. The predicted octanol–water partition coefficient (Wildman–Crippen LogP) is 3.66. The molecule has 0 amide bonds. The topological polar surface area (TPSA) is 80.7 Å². The van der Waals surface area contributed by atoms with Crippen LogP contribution in [0.1, 0.15) is 59.8 Å². The predicted molar refractivity (Wildman–Crippen MR) is 116 cm³/mol. The zero-order valence-electron chi connectivity index (χ0n) is 18.2. The van der Waals surface area contributed by atoms with Gasteiger partial charge in [-0.15, -0.1) is 12.6 Å². The Morgan fingerprint density at radius 3 is 2.67 bits per heavy atom. The van der Waals surface area contributed by atoms with Crippen molar-refractivity contribution in [2.75, 3.05) is 0 Å². The Balaban J connectivity index is 1.79. The van der Waals surface area contributed by atoms with Crippen LogP contribution in [0.25, 0.3) is 0 Å². The molecule has 4 rings (SSSR count). The number of aliphatic hydroxyl groups excluding tert-OH is 1. The standard InChI is InChI=1S/C24H32O5S/c1-5-19(27)29-24(21(28)30)13(2)10-17-16-7-6-14-11-15(25)8-9-22(14,3)20(16)18(26)12-23(17,24)4/h8-9,11,13,16-18,20,26H,5-7,10,12H2,1-4H3,(H,28,30)/t13-,16-,17-,18-,20+,22-,23-,24-/m0/s1. The Morgan fingerprint density at radius 1 is 1.33 bits per heavy atom. The van der Waals surface area contributed by atoms with E-state index in [0.29, 0.717) is 6.42 Å². The zero-order valence-corrected chi connectivity index (χ0v) is 19.1. The number of ketones is 1. The van der Waals surface area contributed by atoms with Crippen LogP contribution in [0, 0.1) is 34.5 Å². The Kier molecular flexibility index (Phi) is 5.13. The van der Waals surface area contributed by atoms with Gasteiger partial charge < -0.3 is 9.84 Å². The Bertz CT molecular complexity index is 862. The average Bonchev–Trinajstić information content (AvgIpc) is 2.89. The smallest absolute Gasteiger partial charge is 0.306 e. The molecule has 0 radical (unpaired) electrons. The number of fused-ring (bicyclic) bond motifs is 5. The number of carbonyl (C=O) groups excluding carboxylic acids is 3. The number of rotatable bonds is 3. The van der Waals surface area contributed by atoms with E-state index in [4.69, 9.17) is 4.74 Å². The number of allylic oxidation sites excluding steroid dienone is 4. The van der Waals surface area contributed by atoms with Crippen LogP contribution in [0.4, 0.5) is 0 Å². The molecular formula is C24H32O5S. The first kappa shape index (κ1) is 21.8. The normalized spacial score (nSPS) is 47.1. The summed E-state index contributed by atoms with van der Waals surface area (Å²) < 4.78 is 5.92. The van der Waals surface area contributed by atoms with Crippen LogP contribution in [0.5, 0.6) is 0 Å². The molecule has 0 aromatic heterocycles. The second-order valence-electron chi connectivity index (χ2n) is 10.2. The monoisotopic (exact) mass is 432 g/mol. The van der Waals surface area contributed by atoms with Gasteiger partial charge in [0.2, 0.25) is 5.12 Å². The van der Waals surface area contributed by atoms with Crippen molar-refractivity contribution in [3.63, 3.8) is 0 Å². The molecule has 4 aliphatic carbocycles. The Morgan fingerprint density at radius 2 is 2.03 bits per heavy atom. The van der Waals surface area contributed by atoms with Crippen molar-refractivity contribution in [2.24, 2.45) is 34.5 Å². The van der Waals surface area contributed by atoms with E-state index < -0.39 is 28.2 Å². The lowest BCUT2D eigenvalue weighted by Gasteiger charge is -2.59. The first-order chi connectivity index (χ1) is 14.0. The molecule has 1 N–H and O–H groups in total. The van der Waals surface area contributed by atoms with Gasteiger partial charge in [0.05, 0.1) is 6.10 Å². The summed E-state index contributed by atoms with van der Waals surface area (Å²) in [6.07, 6.45) is 7.64. The van der Waals surface area contributed by atoms with Gasteiger partial charge in [-0.1, -0.05) is 39.3 Å². The number of hydrogen-bond donors (Lipinski definition) is 2. The maximum Gasteiger partial charge on any atom is 0.306 e. The van der Waals surface area contributed by atoms with Gasteiger partial charge in [0.1, 0.15) is 0 Å². The minimum Gasteiger partial charge on any atom is -0.449 e. The van der Waals surface area contributed by atoms with E-state index in [1.54, 1.807) is 19.1 Å². The fraction of sp³-hybridized carbons (Fsp3) is 0.708. The van der Waals surface area contributed by atoms with E-state index in [0.717, 1.165) is 24.8 Å². The lowest BCUT2D eigenvalue weighted by molar-refractivity contribution is -0.199. The highest BCUT2D eigenvalue weighted by Crippen LogP contribution is 2.69. The number of thiol groups is 1. The fourth-order valence-corrected chi connectivity index (χ4v) is 8.13. The fourth-order valence-electron chi connectivity index (χ4n) is 7.61. The molecule has 0 bridgehead atoms. The third-order valence-corrected chi connectivity index (χ3v) is 9.25. The molecule has 0 aromatic carbocycles. The lowest BCUT2D eigenvalue weighted by atomic mass is 9.46. The molecule has 6 heteroatoms. The minimum absolute atomic E-state index is 0.0108. The van der Waals surface area contributed by atoms with E-state index in [9.17, 15) is 19.5 Å². The number of aliphatic hydroxyl groups is 1. The number of carbonyl (C=O) groups is 3. The molecule has 0 spiro atoms. The average molecular weight is 433 g/mol. The van der Waals surface area contributed by atoms with Gasteiger partial charge in [0, 0.05) is 29.1 Å². The highest BCUT2D eigenvalue weighted by Gasteiger charge is 2.72. The quantitative estimate of drug-likeness (QED) is 0.525. The Labute approximate surface area is 183 Å². The number of hydrogen-bond acceptors (Lipinski definition) is 5. The van der Waals surface area contributed by atoms with Crippen molar-refractivity contribution < 1.29 is 24.2 Å². The molecule has 4 aliphatic rings. The summed E-state index contributed by atoms with van der Waals surface area (Å²) in [4.78, 5) is 37.2. The third-order valence-electron chi connectivity index (χ3n) is 8.92. The van der Waals surface area contributed by atoms with Gasteiger partial charge in [-0.3, -0.25) is 14.4 Å². The molecule has 0 aromatic rings. The van der Waals surface area contributed by atoms with E-state index in [1.165, 1.54) is 0 Å². The summed E-state index contributed by atoms with van der Waals surface area (Å²) in [5.74, 6) is -0.289. The Hall–Kier alpha value is -1.40. The molecule has 30 heavy (non-hydrogen) atoms. The highest BCUT2D eigenvalue weighted by atomic mass is 32.1. The van der Waals surface area contributed by atoms with Crippen molar-refractivity contribution in [3.05, 3.63) is 23.8 Å². The van der Waals surface area contributed by atoms with Crippen LogP contribution in [0.2, 0.25) is 0 Å². The van der Waals surface area contributed by atoms with Gasteiger partial charge in [0.25, 0.3) is 0 Å². The van der Waals surface area contributed by atoms with Crippen molar-refractivity contribution in [1.29, 1.82) is 0 Å². The zero-order chi connectivity index (χ0) is 22.1. The summed E-state index contributed by atoms with van der Waals surface area (Å²) in [6, 6.07) is 0. The van der Waals surface area contributed by atoms with Gasteiger partial charge >= 0.3 is 5.97 Å². The van der Waals surface area contributed by atoms with Crippen LogP contribution < -0.4 is 0 Å². The second kappa shape index (κ2) is 7.06. The number of esters is 1. The maximum absolute atomic E-state index is 12.9. The molecule has 5 nitrogen and oxygen atoms in total. The SMILES string of the molecule is CCC(=O)O[C@]1(C(=O)S)[C@@H](C)C[C@H]2[C@@H]3CCC4=CC(=O)C=C[C@]4(C)[C@H]3[C@@H](O)C[C@@]21C. The van der Waals surface area contributed by atoms with Crippen molar-refractivity contribution in [3.8, 4) is 0 Å². The van der Waals surface area contributed by atoms with E-state index in [1.807, 2.05) is 19.9 Å². The van der Waals surface area contributed by atoms with Gasteiger partial charge in [-0.25, -0.2) is 0 Å². The first-order valence-corrected chi connectivity index (χ1v) is 11.5. The minimum atomic E-state index is -1.32. The largest absolute Gasteiger partial charge is 0.449 e. The molecule has 3 fully saturated rings. The van der Waals surface area contributed by atoms with Crippen LogP contribution in [-0.2, 0) is 19.1 Å². The van der Waals surface area contributed by atoms with E-state index in [-0.39, 0.29) is 41.3 Å². The maximum atomic E-state index is 12.9. The van der Waals surface area contributed by atoms with Crippen molar-refractivity contribution in [1.82, 2.24) is 0 Å². The van der Waals surface area contributed by atoms with E-state index >= 15 is 0 Å².